The number of carbonyl (C=O) groups is 1. The Kier molecular flexibility index (Phi) is 6.15. The van der Waals surface area contributed by atoms with Gasteiger partial charge < -0.3 is 19.4 Å². The molecule has 3 heterocycles. The highest BCUT2D eigenvalue weighted by molar-refractivity contribution is 9.10. The van der Waals surface area contributed by atoms with Gasteiger partial charge in [0.25, 0.3) is 0 Å². The fraction of sp³-hybridized carbons (Fsp3) is 0.227. The number of ether oxygens (including phenoxy) is 1. The highest BCUT2D eigenvalue weighted by atomic mass is 79.9. The fourth-order valence-corrected chi connectivity index (χ4v) is 4.08. The van der Waals surface area contributed by atoms with Gasteiger partial charge in [0.2, 0.25) is 0 Å². The molecule has 0 bridgehead atoms. The first-order valence-electron chi connectivity index (χ1n) is 9.56. The van der Waals surface area contributed by atoms with Crippen LogP contribution >= 0.6 is 28.1 Å². The summed E-state index contributed by atoms with van der Waals surface area (Å²) in [6.07, 6.45) is 1.74. The van der Waals surface area contributed by atoms with E-state index >= 15 is 0 Å². The van der Waals surface area contributed by atoms with Crippen molar-refractivity contribution in [2.45, 2.75) is 19.0 Å². The summed E-state index contributed by atoms with van der Waals surface area (Å²) in [4.78, 5) is 18.5. The third kappa shape index (κ3) is 4.24. The van der Waals surface area contributed by atoms with Gasteiger partial charge in [0.15, 0.2) is 5.11 Å². The fourth-order valence-electron chi connectivity index (χ4n) is 3.51. The summed E-state index contributed by atoms with van der Waals surface area (Å²) in [6.45, 7) is 2.13. The number of hydrogen-bond donors (Lipinski definition) is 1. The summed E-state index contributed by atoms with van der Waals surface area (Å²) in [7, 11) is 0. The zero-order chi connectivity index (χ0) is 21.1. The van der Waals surface area contributed by atoms with Crippen LogP contribution in [0.15, 0.2) is 69.7 Å². The van der Waals surface area contributed by atoms with Crippen LogP contribution < -0.4 is 5.32 Å². The van der Waals surface area contributed by atoms with Gasteiger partial charge in [0.1, 0.15) is 24.1 Å². The lowest BCUT2D eigenvalue weighted by Gasteiger charge is -2.25. The van der Waals surface area contributed by atoms with Crippen molar-refractivity contribution in [3.05, 3.63) is 76.7 Å². The Morgan fingerprint density at radius 2 is 2.03 bits per heavy atom. The van der Waals surface area contributed by atoms with E-state index in [1.807, 2.05) is 54.6 Å². The molecular formula is C22H20BrN3O3S. The van der Waals surface area contributed by atoms with Crippen molar-refractivity contribution in [1.29, 1.82) is 0 Å². The molecule has 0 radical (unpaired) electrons. The van der Waals surface area contributed by atoms with Crippen molar-refractivity contribution in [2.75, 3.05) is 13.2 Å². The molecule has 4 rings (SSSR count). The molecule has 2 aromatic heterocycles. The summed E-state index contributed by atoms with van der Waals surface area (Å²) in [6, 6.07) is 16.9. The number of esters is 1. The van der Waals surface area contributed by atoms with Crippen LogP contribution in [0.1, 0.15) is 30.5 Å². The summed E-state index contributed by atoms with van der Waals surface area (Å²) in [5, 5.41) is 3.76. The minimum absolute atomic E-state index is 0.0298. The quantitative estimate of drug-likeness (QED) is 0.402. The van der Waals surface area contributed by atoms with Gasteiger partial charge in [-0.25, -0.2) is 0 Å². The van der Waals surface area contributed by atoms with Gasteiger partial charge in [-0.2, -0.15) is 0 Å². The number of halogens is 1. The zero-order valence-corrected chi connectivity index (χ0v) is 18.7. The average Bonchev–Trinajstić information content (AvgIpc) is 3.35. The van der Waals surface area contributed by atoms with Gasteiger partial charge in [-0.15, -0.1) is 0 Å². The van der Waals surface area contributed by atoms with Gasteiger partial charge >= 0.3 is 5.97 Å². The van der Waals surface area contributed by atoms with Crippen molar-refractivity contribution in [3.63, 3.8) is 0 Å². The Labute approximate surface area is 188 Å². The molecule has 1 aliphatic rings. The third-order valence-electron chi connectivity index (χ3n) is 4.85. The highest BCUT2D eigenvalue weighted by Gasteiger charge is 2.42. The predicted molar refractivity (Wildman–Crippen MR) is 121 cm³/mol. The first kappa shape index (κ1) is 20.6. The van der Waals surface area contributed by atoms with E-state index in [-0.39, 0.29) is 24.6 Å². The lowest BCUT2D eigenvalue weighted by atomic mass is 10.0. The van der Waals surface area contributed by atoms with Crippen molar-refractivity contribution in [3.8, 4) is 11.3 Å². The molecule has 0 unspecified atom stereocenters. The molecule has 1 aromatic carbocycles. The van der Waals surface area contributed by atoms with Gasteiger partial charge in [-0.3, -0.25) is 9.78 Å². The van der Waals surface area contributed by atoms with Crippen molar-refractivity contribution in [1.82, 2.24) is 15.2 Å². The second-order valence-corrected chi connectivity index (χ2v) is 8.07. The van der Waals surface area contributed by atoms with Crippen molar-refractivity contribution < 1.29 is 13.9 Å². The molecule has 3 aromatic rings. The monoisotopic (exact) mass is 485 g/mol. The Balaban J connectivity index is 1.70. The number of benzene rings is 1. The Bertz CT molecular complexity index is 1040. The number of carbonyl (C=O) groups excluding carboxylic acids is 1. The van der Waals surface area contributed by atoms with Crippen LogP contribution in [0.25, 0.3) is 11.3 Å². The SMILES string of the molecule is CCOC(=O)CN1C(=S)N[C@H](c2ccccn2)[C@@H]1c1ccc(-c2ccc(Br)cc2)o1. The molecule has 1 N–H and O–H groups in total. The maximum atomic E-state index is 12.2. The Morgan fingerprint density at radius 3 is 2.73 bits per heavy atom. The van der Waals surface area contributed by atoms with Gasteiger partial charge in [-0.1, -0.05) is 34.1 Å². The van der Waals surface area contributed by atoms with E-state index in [9.17, 15) is 4.79 Å². The van der Waals surface area contributed by atoms with E-state index < -0.39 is 0 Å². The molecule has 1 aliphatic heterocycles. The van der Waals surface area contributed by atoms with E-state index in [1.165, 1.54) is 0 Å². The lowest BCUT2D eigenvalue weighted by molar-refractivity contribution is -0.143. The molecule has 0 aliphatic carbocycles. The van der Waals surface area contributed by atoms with Crippen LogP contribution in [0.4, 0.5) is 0 Å². The summed E-state index contributed by atoms with van der Waals surface area (Å²) in [5.41, 5.74) is 1.78. The normalized spacial score (nSPS) is 18.3. The van der Waals surface area contributed by atoms with Crippen LogP contribution in [-0.2, 0) is 9.53 Å². The molecule has 1 fully saturated rings. The maximum Gasteiger partial charge on any atom is 0.325 e. The van der Waals surface area contributed by atoms with Crippen LogP contribution in [0.2, 0.25) is 0 Å². The number of furan rings is 1. The molecule has 0 amide bonds. The smallest absolute Gasteiger partial charge is 0.325 e. The van der Waals surface area contributed by atoms with E-state index in [1.54, 1.807) is 18.0 Å². The minimum Gasteiger partial charge on any atom is -0.465 e. The number of thiocarbonyl (C=S) groups is 1. The number of nitrogens with one attached hydrogen (secondary N) is 1. The van der Waals surface area contributed by atoms with Gasteiger partial charge in [0, 0.05) is 16.2 Å². The second-order valence-electron chi connectivity index (χ2n) is 6.77. The van der Waals surface area contributed by atoms with Crippen LogP contribution in [-0.4, -0.2) is 34.1 Å². The average molecular weight is 486 g/mol. The summed E-state index contributed by atoms with van der Waals surface area (Å²) >= 11 is 8.99. The van der Waals surface area contributed by atoms with E-state index in [2.05, 4.69) is 26.2 Å². The molecule has 30 heavy (non-hydrogen) atoms. The second kappa shape index (κ2) is 8.97. The van der Waals surface area contributed by atoms with Crippen LogP contribution in [0.3, 0.4) is 0 Å². The molecule has 2 atom stereocenters. The number of aromatic nitrogens is 1. The van der Waals surface area contributed by atoms with Crippen LogP contribution in [0.5, 0.6) is 0 Å². The summed E-state index contributed by atoms with van der Waals surface area (Å²) < 4.78 is 12.4. The molecule has 6 nitrogen and oxygen atoms in total. The number of rotatable bonds is 6. The third-order valence-corrected chi connectivity index (χ3v) is 5.73. The molecule has 0 spiro atoms. The standard InChI is InChI=1S/C22H20BrN3O3S/c1-2-28-19(27)13-26-21(20(25-22(26)30)16-5-3-4-12-24-16)18-11-10-17(29-18)14-6-8-15(23)9-7-14/h3-12,20-21H,2,13H2,1H3,(H,25,30)/t20-,21+/m1/s1. The predicted octanol–water partition coefficient (Wildman–Crippen LogP) is 4.64. The van der Waals surface area contributed by atoms with Crippen LogP contribution in [0, 0.1) is 0 Å². The number of pyridine rings is 1. The van der Waals surface area contributed by atoms with Gasteiger partial charge in [-0.05, 0) is 55.5 Å². The highest BCUT2D eigenvalue weighted by Crippen LogP contribution is 2.40. The van der Waals surface area contributed by atoms with Crippen molar-refractivity contribution in [2.24, 2.45) is 0 Å². The molecule has 0 saturated carbocycles. The van der Waals surface area contributed by atoms with E-state index in [0.29, 0.717) is 17.5 Å². The number of hydrogen-bond acceptors (Lipinski definition) is 5. The lowest BCUT2D eigenvalue weighted by Crippen LogP contribution is -2.35. The van der Waals surface area contributed by atoms with Gasteiger partial charge in [0.05, 0.1) is 18.3 Å². The maximum absolute atomic E-state index is 12.2. The van der Waals surface area contributed by atoms with E-state index in [0.717, 1.165) is 21.5 Å². The molecule has 8 heteroatoms. The number of nitrogens with zero attached hydrogens (tertiary/aromatic N) is 2. The minimum atomic E-state index is -0.340. The molecule has 154 valence electrons. The molecular weight excluding hydrogens is 466 g/mol. The topological polar surface area (TPSA) is 67.6 Å². The van der Waals surface area contributed by atoms with E-state index in [4.69, 9.17) is 21.4 Å². The first-order valence-corrected chi connectivity index (χ1v) is 10.8. The molecule has 1 saturated heterocycles. The first-order chi connectivity index (χ1) is 14.6. The zero-order valence-electron chi connectivity index (χ0n) is 16.2. The Hall–Kier alpha value is -2.71. The van der Waals surface area contributed by atoms with Crippen molar-refractivity contribution >= 4 is 39.2 Å². The summed E-state index contributed by atoms with van der Waals surface area (Å²) in [5.74, 6) is 1.10. The Morgan fingerprint density at radius 1 is 1.23 bits per heavy atom. The largest absolute Gasteiger partial charge is 0.465 e.